The number of aryl methyl sites for hydroxylation is 2. The van der Waals surface area contributed by atoms with Gasteiger partial charge in [0.05, 0.1) is 17.6 Å². The quantitative estimate of drug-likeness (QED) is 0.542. The molecule has 0 atom stereocenters. The van der Waals surface area contributed by atoms with Crippen molar-refractivity contribution in [1.82, 2.24) is 9.97 Å². The van der Waals surface area contributed by atoms with Gasteiger partial charge in [0.15, 0.2) is 0 Å². The smallest absolute Gasteiger partial charge is 0.260 e. The van der Waals surface area contributed by atoms with Crippen LogP contribution in [0.3, 0.4) is 0 Å². The molecule has 2 aromatic heterocycles. The zero-order valence-corrected chi connectivity index (χ0v) is 16.0. The molecule has 136 valence electrons. The van der Waals surface area contributed by atoms with E-state index in [1.807, 2.05) is 31.2 Å². The fourth-order valence-corrected chi connectivity index (χ4v) is 5.32. The van der Waals surface area contributed by atoms with Crippen molar-refractivity contribution in [2.75, 3.05) is 6.61 Å². The van der Waals surface area contributed by atoms with Crippen LogP contribution in [0.15, 0.2) is 41.2 Å². The average molecular weight is 376 g/mol. The van der Waals surface area contributed by atoms with Crippen LogP contribution in [-0.2, 0) is 12.8 Å². The molecule has 0 radical (unpaired) electrons. The molecule has 0 saturated heterocycles. The first-order valence-corrected chi connectivity index (χ1v) is 10.3. The van der Waals surface area contributed by atoms with Gasteiger partial charge in [-0.2, -0.15) is 0 Å². The van der Waals surface area contributed by atoms with Gasteiger partial charge in [0.25, 0.3) is 5.56 Å². The third-order valence-corrected chi connectivity index (χ3v) is 6.44. The van der Waals surface area contributed by atoms with E-state index in [2.05, 4.69) is 17.1 Å². The molecule has 5 heteroatoms. The molecule has 0 saturated carbocycles. The van der Waals surface area contributed by atoms with Crippen LogP contribution in [-0.4, -0.2) is 16.6 Å². The van der Waals surface area contributed by atoms with Gasteiger partial charge >= 0.3 is 0 Å². The van der Waals surface area contributed by atoms with Gasteiger partial charge in [-0.05, 0) is 55.0 Å². The first-order chi connectivity index (χ1) is 13.3. The third-order valence-electron chi connectivity index (χ3n) is 5.25. The number of hydrogen-bond donors (Lipinski definition) is 1. The number of H-pyrrole nitrogens is 1. The molecule has 4 aromatic rings. The van der Waals surface area contributed by atoms with Crippen LogP contribution in [0.5, 0.6) is 5.75 Å². The van der Waals surface area contributed by atoms with Crippen LogP contribution in [0.4, 0.5) is 0 Å². The predicted octanol–water partition coefficient (Wildman–Crippen LogP) is 5.08. The van der Waals surface area contributed by atoms with Crippen molar-refractivity contribution in [2.45, 2.75) is 32.6 Å². The van der Waals surface area contributed by atoms with E-state index in [0.29, 0.717) is 12.4 Å². The Kier molecular flexibility index (Phi) is 3.97. The second kappa shape index (κ2) is 6.50. The first-order valence-electron chi connectivity index (χ1n) is 9.45. The summed E-state index contributed by atoms with van der Waals surface area (Å²) in [5, 5.41) is 2.92. The minimum absolute atomic E-state index is 0.0372. The molecular weight excluding hydrogens is 356 g/mol. The number of thiophene rings is 1. The van der Waals surface area contributed by atoms with E-state index in [1.165, 1.54) is 16.9 Å². The number of aromatic nitrogens is 2. The topological polar surface area (TPSA) is 55.0 Å². The van der Waals surface area contributed by atoms with Crippen LogP contribution in [0.1, 0.15) is 30.2 Å². The second-order valence-electron chi connectivity index (χ2n) is 6.90. The van der Waals surface area contributed by atoms with Crippen molar-refractivity contribution in [2.24, 2.45) is 0 Å². The maximum atomic E-state index is 13.0. The van der Waals surface area contributed by atoms with Gasteiger partial charge < -0.3 is 9.72 Å². The van der Waals surface area contributed by atoms with Gasteiger partial charge in [0.2, 0.25) is 0 Å². The van der Waals surface area contributed by atoms with Crippen LogP contribution in [0.2, 0.25) is 0 Å². The van der Waals surface area contributed by atoms with Gasteiger partial charge in [-0.1, -0.05) is 30.3 Å². The molecule has 2 aromatic carbocycles. The van der Waals surface area contributed by atoms with E-state index < -0.39 is 0 Å². The van der Waals surface area contributed by atoms with Crippen molar-refractivity contribution in [1.29, 1.82) is 0 Å². The van der Waals surface area contributed by atoms with Crippen molar-refractivity contribution in [3.63, 3.8) is 0 Å². The zero-order valence-electron chi connectivity index (χ0n) is 15.2. The monoisotopic (exact) mass is 376 g/mol. The lowest BCUT2D eigenvalue weighted by Gasteiger charge is -2.13. The lowest BCUT2D eigenvalue weighted by Crippen LogP contribution is -2.11. The summed E-state index contributed by atoms with van der Waals surface area (Å²) in [5.74, 6) is 1.34. The zero-order chi connectivity index (χ0) is 18.4. The predicted molar refractivity (Wildman–Crippen MR) is 111 cm³/mol. The molecule has 0 aliphatic heterocycles. The number of nitrogens with zero attached hydrogens (tertiary/aromatic N) is 1. The fourth-order valence-electron chi connectivity index (χ4n) is 4.05. The van der Waals surface area contributed by atoms with Crippen LogP contribution < -0.4 is 10.3 Å². The molecular formula is C22H20N2O2S. The number of aromatic amines is 1. The van der Waals surface area contributed by atoms with Gasteiger partial charge in [0.1, 0.15) is 16.4 Å². The summed E-state index contributed by atoms with van der Waals surface area (Å²) >= 11 is 1.68. The Morgan fingerprint density at radius 1 is 1.15 bits per heavy atom. The maximum Gasteiger partial charge on any atom is 0.260 e. The number of benzene rings is 2. The molecule has 1 N–H and O–H groups in total. The Labute approximate surface area is 160 Å². The number of nitrogens with one attached hydrogen (secondary N) is 1. The Balaban J connectivity index is 1.81. The van der Waals surface area contributed by atoms with Crippen molar-refractivity contribution in [3.8, 4) is 17.1 Å². The highest BCUT2D eigenvalue weighted by atomic mass is 32.1. The van der Waals surface area contributed by atoms with Gasteiger partial charge in [0, 0.05) is 4.88 Å². The van der Waals surface area contributed by atoms with Gasteiger partial charge in [-0.15, -0.1) is 11.3 Å². The molecule has 0 spiro atoms. The number of rotatable bonds is 3. The fraction of sp³-hybridized carbons (Fsp3) is 0.273. The molecule has 2 heterocycles. The second-order valence-corrected chi connectivity index (χ2v) is 7.98. The Morgan fingerprint density at radius 3 is 2.89 bits per heavy atom. The Bertz CT molecular complexity index is 1220. The summed E-state index contributed by atoms with van der Waals surface area (Å²) in [5.41, 5.74) is 2.04. The largest absolute Gasteiger partial charge is 0.493 e. The highest BCUT2D eigenvalue weighted by molar-refractivity contribution is 7.18. The summed E-state index contributed by atoms with van der Waals surface area (Å²) in [4.78, 5) is 23.1. The summed E-state index contributed by atoms with van der Waals surface area (Å²) in [6.07, 6.45) is 4.39. The van der Waals surface area contributed by atoms with Crippen LogP contribution >= 0.6 is 11.3 Å². The van der Waals surface area contributed by atoms with Crippen molar-refractivity contribution in [3.05, 3.63) is 57.2 Å². The number of hydrogen-bond acceptors (Lipinski definition) is 4. The minimum Gasteiger partial charge on any atom is -0.493 e. The lowest BCUT2D eigenvalue weighted by molar-refractivity contribution is 0.342. The molecule has 0 fully saturated rings. The molecule has 27 heavy (non-hydrogen) atoms. The molecule has 1 aliphatic rings. The van der Waals surface area contributed by atoms with Crippen molar-refractivity contribution >= 4 is 32.3 Å². The molecule has 0 unspecified atom stereocenters. The maximum absolute atomic E-state index is 13.0. The van der Waals surface area contributed by atoms with Crippen LogP contribution in [0.25, 0.3) is 32.4 Å². The van der Waals surface area contributed by atoms with E-state index in [0.717, 1.165) is 51.6 Å². The highest BCUT2D eigenvalue weighted by Gasteiger charge is 2.21. The normalized spacial score (nSPS) is 13.8. The highest BCUT2D eigenvalue weighted by Crippen LogP contribution is 2.38. The van der Waals surface area contributed by atoms with E-state index in [-0.39, 0.29) is 5.56 Å². The summed E-state index contributed by atoms with van der Waals surface area (Å²) in [6, 6.07) is 12.1. The van der Waals surface area contributed by atoms with Gasteiger partial charge in [-0.25, -0.2) is 4.98 Å². The van der Waals surface area contributed by atoms with E-state index in [1.54, 1.807) is 11.3 Å². The third kappa shape index (κ3) is 2.65. The SMILES string of the molecule is CCOc1ccc2ccccc2c1-c1nc2sc3c(c2c(=O)[nH]1)CCCC3. The average Bonchev–Trinajstić information content (AvgIpc) is 3.07. The van der Waals surface area contributed by atoms with E-state index in [9.17, 15) is 4.79 Å². The Morgan fingerprint density at radius 2 is 2.00 bits per heavy atom. The van der Waals surface area contributed by atoms with E-state index in [4.69, 9.17) is 9.72 Å². The molecule has 4 nitrogen and oxygen atoms in total. The molecule has 0 amide bonds. The summed E-state index contributed by atoms with van der Waals surface area (Å²) < 4.78 is 5.87. The van der Waals surface area contributed by atoms with Crippen LogP contribution in [0, 0.1) is 0 Å². The minimum atomic E-state index is -0.0372. The summed E-state index contributed by atoms with van der Waals surface area (Å²) in [7, 11) is 0. The number of ether oxygens (including phenoxy) is 1. The first kappa shape index (κ1) is 16.5. The molecule has 0 bridgehead atoms. The van der Waals surface area contributed by atoms with Crippen molar-refractivity contribution < 1.29 is 4.74 Å². The molecule has 5 rings (SSSR count). The van der Waals surface area contributed by atoms with E-state index >= 15 is 0 Å². The standard InChI is InChI=1S/C22H20N2O2S/c1-2-26-16-12-11-13-7-3-4-8-14(13)18(16)20-23-21(25)19-15-9-5-6-10-17(15)27-22(19)24-20/h3-4,7-8,11-12H,2,5-6,9-10H2,1H3,(H,23,24,25). The summed E-state index contributed by atoms with van der Waals surface area (Å²) in [6.45, 7) is 2.52. The Hall–Kier alpha value is -2.66. The lowest BCUT2D eigenvalue weighted by atomic mass is 9.97. The number of fused-ring (bicyclic) bond motifs is 4. The molecule has 1 aliphatic carbocycles. The van der Waals surface area contributed by atoms with Gasteiger partial charge in [-0.3, -0.25) is 4.79 Å².